The Morgan fingerprint density at radius 1 is 1.05 bits per heavy atom. The van der Waals surface area contributed by atoms with E-state index in [-0.39, 0.29) is 18.8 Å². The standard InChI is InChI=1S/C42H59N5O9/c1-8-36-31(23-48)17-24(2)13-14-34(49)25(3)18-29(15-16-47-22-33(44-45-47)30-19-28-11-9-10-12-32(28)43-21-30)41(26(4)35(50)20-37(51)55-36)56-42-40(53)38(46(6)7)39(52)27(5)54-42/h9-14,17,19,21-22,25-27,29,31,35-36,38-42,48,50,52-53H,8,15-16,18,20,23H2,1-7H3/b14-13+,24-17+/t25-,26+,27-,29+,31-,35-,36-,38?,39-,40?,41-,42+/m1/s1. The Kier molecular flexibility index (Phi) is 15.1. The van der Waals surface area contributed by atoms with Crippen molar-refractivity contribution in [3.05, 3.63) is 66.5 Å². The fraction of sp³-hybridized carbons (Fsp3) is 0.595. The van der Waals surface area contributed by atoms with Crippen molar-refractivity contribution in [1.82, 2.24) is 24.9 Å². The van der Waals surface area contributed by atoms with Gasteiger partial charge in [-0.05, 0) is 71.3 Å². The van der Waals surface area contributed by atoms with E-state index in [4.69, 9.17) is 14.2 Å². The number of ether oxygens (including phenoxy) is 3. The third-order valence-corrected chi connectivity index (χ3v) is 11.3. The summed E-state index contributed by atoms with van der Waals surface area (Å²) in [6.07, 6.45) is 2.52. The molecule has 1 aromatic carbocycles. The number of aliphatic hydroxyl groups is 4. The summed E-state index contributed by atoms with van der Waals surface area (Å²) in [5.41, 5.74) is 3.06. The molecule has 0 spiro atoms. The molecule has 0 amide bonds. The Labute approximate surface area is 329 Å². The molecule has 1 fully saturated rings. The highest BCUT2D eigenvalue weighted by Crippen LogP contribution is 2.35. The van der Waals surface area contributed by atoms with E-state index in [0.717, 1.165) is 22.0 Å². The number of carbonyl (C=O) groups is 2. The number of hydrogen-bond acceptors (Lipinski definition) is 13. The molecule has 3 aromatic rings. The highest BCUT2D eigenvalue weighted by Gasteiger charge is 2.47. The third-order valence-electron chi connectivity index (χ3n) is 11.3. The van der Waals surface area contributed by atoms with Gasteiger partial charge in [-0.25, -0.2) is 0 Å². The third kappa shape index (κ3) is 10.5. The molecule has 2 aliphatic heterocycles. The molecule has 1 saturated heterocycles. The number of rotatable bonds is 9. The Hall–Kier alpha value is -3.89. The largest absolute Gasteiger partial charge is 0.462 e. The molecule has 14 heteroatoms. The molecule has 14 nitrogen and oxygen atoms in total. The van der Waals surface area contributed by atoms with Crippen molar-refractivity contribution in [3.8, 4) is 11.3 Å². The number of aryl methyl sites for hydroxylation is 1. The molecular formula is C42H59N5O9. The number of aliphatic hydroxyl groups excluding tert-OH is 4. The number of esters is 1. The quantitative estimate of drug-likeness (QED) is 0.231. The molecule has 4 heterocycles. The van der Waals surface area contributed by atoms with Crippen LogP contribution in [0.4, 0.5) is 0 Å². The van der Waals surface area contributed by atoms with Gasteiger partial charge in [-0.1, -0.05) is 61.9 Å². The van der Waals surface area contributed by atoms with Gasteiger partial charge in [0.05, 0.1) is 55.2 Å². The molecule has 0 aliphatic carbocycles. The first-order valence-corrected chi connectivity index (χ1v) is 19.7. The molecule has 5 rings (SSSR count). The summed E-state index contributed by atoms with van der Waals surface area (Å²) in [7, 11) is 3.50. The summed E-state index contributed by atoms with van der Waals surface area (Å²) >= 11 is 0. The molecule has 56 heavy (non-hydrogen) atoms. The molecule has 4 N–H and O–H groups in total. The van der Waals surface area contributed by atoms with Gasteiger partial charge >= 0.3 is 5.97 Å². The van der Waals surface area contributed by atoms with Crippen molar-refractivity contribution in [3.63, 3.8) is 0 Å². The summed E-state index contributed by atoms with van der Waals surface area (Å²) in [5, 5.41) is 54.1. The lowest BCUT2D eigenvalue weighted by Gasteiger charge is -2.46. The molecule has 0 saturated carbocycles. The van der Waals surface area contributed by atoms with Crippen LogP contribution in [0.3, 0.4) is 0 Å². The number of carbonyl (C=O) groups excluding carboxylic acids is 2. The molecule has 2 aliphatic rings. The number of fused-ring (bicyclic) bond motifs is 1. The van der Waals surface area contributed by atoms with E-state index in [1.807, 2.05) is 57.3 Å². The number of ketones is 1. The van der Waals surface area contributed by atoms with Gasteiger partial charge < -0.3 is 39.5 Å². The summed E-state index contributed by atoms with van der Waals surface area (Å²) in [5.74, 6) is -2.90. The highest BCUT2D eigenvalue weighted by molar-refractivity contribution is 5.91. The van der Waals surface area contributed by atoms with Crippen LogP contribution in [-0.2, 0) is 30.3 Å². The lowest BCUT2D eigenvalue weighted by atomic mass is 9.79. The first kappa shape index (κ1) is 43.2. The monoisotopic (exact) mass is 777 g/mol. The van der Waals surface area contributed by atoms with Crippen LogP contribution in [0, 0.1) is 23.7 Å². The zero-order valence-corrected chi connectivity index (χ0v) is 33.5. The molecule has 2 unspecified atom stereocenters. The minimum Gasteiger partial charge on any atom is -0.462 e. The fourth-order valence-corrected chi connectivity index (χ4v) is 7.91. The van der Waals surface area contributed by atoms with Gasteiger partial charge in [0, 0.05) is 41.4 Å². The number of cyclic esters (lactones) is 1. The van der Waals surface area contributed by atoms with Crippen molar-refractivity contribution in [1.29, 1.82) is 0 Å². The van der Waals surface area contributed by atoms with Crippen molar-refractivity contribution in [2.75, 3.05) is 20.7 Å². The van der Waals surface area contributed by atoms with Gasteiger partial charge in [0.1, 0.15) is 17.9 Å². The van der Waals surface area contributed by atoms with Crippen LogP contribution in [0.2, 0.25) is 0 Å². The summed E-state index contributed by atoms with van der Waals surface area (Å²) in [6.45, 7) is 9.08. The van der Waals surface area contributed by atoms with Crippen LogP contribution in [0.15, 0.2) is 66.5 Å². The van der Waals surface area contributed by atoms with Crippen molar-refractivity contribution in [2.24, 2.45) is 23.7 Å². The predicted octanol–water partition coefficient (Wildman–Crippen LogP) is 3.71. The zero-order valence-electron chi connectivity index (χ0n) is 33.5. The average molecular weight is 778 g/mol. The van der Waals surface area contributed by atoms with E-state index in [1.54, 1.807) is 55.9 Å². The maximum atomic E-state index is 13.7. The van der Waals surface area contributed by atoms with Gasteiger partial charge in [0.15, 0.2) is 12.1 Å². The average Bonchev–Trinajstić information content (AvgIpc) is 3.66. The number of allylic oxidation sites excluding steroid dienone is 3. The second kappa shape index (κ2) is 19.5. The smallest absolute Gasteiger partial charge is 0.308 e. The van der Waals surface area contributed by atoms with E-state index in [1.165, 1.54) is 6.08 Å². The zero-order chi connectivity index (χ0) is 40.7. The Balaban J connectivity index is 1.50. The predicted molar refractivity (Wildman–Crippen MR) is 210 cm³/mol. The number of hydrogen-bond donors (Lipinski definition) is 4. The molecule has 2 aromatic heterocycles. The number of pyridine rings is 1. The van der Waals surface area contributed by atoms with E-state index in [2.05, 4.69) is 15.3 Å². The molecule has 12 atom stereocenters. The van der Waals surface area contributed by atoms with Crippen molar-refractivity contribution < 1.29 is 44.2 Å². The molecule has 0 bridgehead atoms. The molecule has 306 valence electrons. The molecule has 0 radical (unpaired) electrons. The lowest BCUT2D eigenvalue weighted by Crippen LogP contribution is -2.63. The van der Waals surface area contributed by atoms with Gasteiger partial charge in [0.25, 0.3) is 0 Å². The second-order valence-corrected chi connectivity index (χ2v) is 15.8. The van der Waals surface area contributed by atoms with Crippen LogP contribution < -0.4 is 0 Å². The summed E-state index contributed by atoms with van der Waals surface area (Å²) < 4.78 is 20.3. The lowest BCUT2D eigenvalue weighted by molar-refractivity contribution is -0.304. The topological polar surface area (TPSA) is 190 Å². The van der Waals surface area contributed by atoms with Crippen molar-refractivity contribution in [2.45, 2.75) is 116 Å². The number of likely N-dealkylation sites (N-methyl/N-ethyl adjacent to an activating group) is 1. The van der Waals surface area contributed by atoms with Crippen LogP contribution in [0.25, 0.3) is 22.2 Å². The first-order chi connectivity index (χ1) is 26.7. The van der Waals surface area contributed by atoms with E-state index in [0.29, 0.717) is 31.5 Å². The maximum Gasteiger partial charge on any atom is 0.308 e. The number of nitrogens with zero attached hydrogens (tertiary/aromatic N) is 5. The van der Waals surface area contributed by atoms with Crippen LogP contribution >= 0.6 is 0 Å². The first-order valence-electron chi connectivity index (χ1n) is 19.7. The van der Waals surface area contributed by atoms with Crippen LogP contribution in [0.5, 0.6) is 0 Å². The highest BCUT2D eigenvalue weighted by atomic mass is 16.7. The van der Waals surface area contributed by atoms with Gasteiger partial charge in [0.2, 0.25) is 0 Å². The van der Waals surface area contributed by atoms with E-state index < -0.39 is 78.6 Å². The Morgan fingerprint density at radius 2 is 1.80 bits per heavy atom. The maximum absolute atomic E-state index is 13.7. The van der Waals surface area contributed by atoms with Gasteiger partial charge in [-0.3, -0.25) is 19.3 Å². The normalized spacial score (nSPS) is 34.2. The van der Waals surface area contributed by atoms with Crippen molar-refractivity contribution >= 4 is 22.7 Å². The Morgan fingerprint density at radius 3 is 2.52 bits per heavy atom. The van der Waals surface area contributed by atoms with E-state index >= 15 is 0 Å². The molecular weight excluding hydrogens is 718 g/mol. The van der Waals surface area contributed by atoms with Crippen LogP contribution in [-0.4, -0.2) is 127 Å². The summed E-state index contributed by atoms with van der Waals surface area (Å²) in [4.78, 5) is 33.3. The minimum absolute atomic E-state index is 0.119. The summed E-state index contributed by atoms with van der Waals surface area (Å²) in [6, 6.07) is 9.11. The van der Waals surface area contributed by atoms with Crippen LogP contribution in [0.1, 0.15) is 60.3 Å². The minimum atomic E-state index is -1.27. The SMILES string of the molecule is CC[C@H]1OC(=O)C[C@@H](O)[C@H](C)[C@@H](O[C@@H]2O[C@H](C)[C@@H](O)C(N(C)C)C2O)[C@@H](CCn2cc(-c3cnc4ccccc4c3)nn2)C[C@@H](C)C(=O)/C=C/C(C)=C/[C@@H]1CO. The Bertz CT molecular complexity index is 1830. The fourth-order valence-electron chi connectivity index (χ4n) is 7.91. The van der Waals surface area contributed by atoms with Gasteiger partial charge in [-0.15, -0.1) is 5.10 Å². The second-order valence-electron chi connectivity index (χ2n) is 15.8. The van der Waals surface area contributed by atoms with Gasteiger partial charge in [-0.2, -0.15) is 0 Å². The van der Waals surface area contributed by atoms with E-state index in [9.17, 15) is 30.0 Å². The number of aromatic nitrogens is 4. The number of benzene rings is 1. The number of para-hydroxylation sites is 1.